The molecule has 32 heavy (non-hydrogen) atoms. The van der Waals surface area contributed by atoms with Gasteiger partial charge in [0.15, 0.2) is 0 Å². The Balaban J connectivity index is 0.00000289. The van der Waals surface area contributed by atoms with E-state index in [4.69, 9.17) is 0 Å². The average molecular weight is 463 g/mol. The summed E-state index contributed by atoms with van der Waals surface area (Å²) in [6.45, 7) is 3.83. The standard InChI is InChI=1S/C21H18F3N5O2.H2S/c1-12-7-8-25-10-17(12)27-19(30)16-9-26-29-13(2)11-28(20(31)18(16)29)15-5-3-14(4-6-15)21(22,23)24;/h3-10,13H,11H2,1-2H3,(H,27,30);1H2/t13-;/m0./s1. The zero-order chi connectivity index (χ0) is 22.3. The Hall–Kier alpha value is -3.34. The van der Waals surface area contributed by atoms with Crippen LogP contribution in [0.2, 0.25) is 0 Å². The van der Waals surface area contributed by atoms with Crippen LogP contribution in [-0.2, 0) is 6.18 Å². The second-order valence-corrected chi connectivity index (χ2v) is 7.31. The zero-order valence-corrected chi connectivity index (χ0v) is 18.1. The van der Waals surface area contributed by atoms with Gasteiger partial charge in [0.05, 0.1) is 35.2 Å². The van der Waals surface area contributed by atoms with Gasteiger partial charge in [-0.15, -0.1) is 0 Å². The Morgan fingerprint density at radius 3 is 2.47 bits per heavy atom. The molecular formula is C21H20F3N5O2S. The summed E-state index contributed by atoms with van der Waals surface area (Å²) in [7, 11) is 0. The second-order valence-electron chi connectivity index (χ2n) is 7.31. The molecule has 2 aromatic heterocycles. The van der Waals surface area contributed by atoms with Crippen LogP contribution in [0.3, 0.4) is 0 Å². The number of alkyl halides is 3. The number of halogens is 3. The molecular weight excluding hydrogens is 443 g/mol. The summed E-state index contributed by atoms with van der Waals surface area (Å²) in [6, 6.07) is 5.81. The first kappa shape index (κ1) is 23.3. The van der Waals surface area contributed by atoms with Crippen LogP contribution in [-0.4, -0.2) is 33.1 Å². The van der Waals surface area contributed by atoms with Gasteiger partial charge in [0.2, 0.25) is 0 Å². The molecule has 2 amide bonds. The van der Waals surface area contributed by atoms with Gasteiger partial charge in [0.1, 0.15) is 5.69 Å². The van der Waals surface area contributed by atoms with Gasteiger partial charge in [-0.25, -0.2) is 0 Å². The lowest BCUT2D eigenvalue weighted by Crippen LogP contribution is -2.43. The zero-order valence-electron chi connectivity index (χ0n) is 17.1. The van der Waals surface area contributed by atoms with Crippen molar-refractivity contribution < 1.29 is 22.8 Å². The largest absolute Gasteiger partial charge is 0.416 e. The minimum Gasteiger partial charge on any atom is -0.320 e. The Labute approximate surface area is 188 Å². The molecule has 0 bridgehead atoms. The third-order valence-electron chi connectivity index (χ3n) is 5.15. The van der Waals surface area contributed by atoms with Crippen LogP contribution >= 0.6 is 13.5 Å². The molecule has 1 aromatic carbocycles. The maximum Gasteiger partial charge on any atom is 0.416 e. The van der Waals surface area contributed by atoms with E-state index < -0.39 is 23.6 Å². The van der Waals surface area contributed by atoms with Crippen LogP contribution < -0.4 is 10.2 Å². The van der Waals surface area contributed by atoms with Crippen molar-refractivity contribution in [2.75, 3.05) is 16.8 Å². The lowest BCUT2D eigenvalue weighted by Gasteiger charge is -2.32. The number of hydrogen-bond acceptors (Lipinski definition) is 4. The highest BCUT2D eigenvalue weighted by Gasteiger charge is 2.36. The highest BCUT2D eigenvalue weighted by molar-refractivity contribution is 7.59. The molecule has 168 valence electrons. The van der Waals surface area contributed by atoms with Crippen molar-refractivity contribution in [1.82, 2.24) is 14.8 Å². The SMILES string of the molecule is Cc1ccncc1NC(=O)c1cnn2c1C(=O)N(c1ccc(C(F)(F)F)cc1)C[C@@H]2C.S. The fraction of sp³-hybridized carbons (Fsp3) is 0.238. The number of rotatable bonds is 3. The highest BCUT2D eigenvalue weighted by atomic mass is 32.1. The molecule has 0 radical (unpaired) electrons. The fourth-order valence-electron chi connectivity index (χ4n) is 3.47. The first-order valence-electron chi connectivity index (χ1n) is 9.45. The van der Waals surface area contributed by atoms with E-state index in [1.165, 1.54) is 34.1 Å². The molecule has 1 aliphatic rings. The minimum absolute atomic E-state index is 0. The topological polar surface area (TPSA) is 80.1 Å². The quantitative estimate of drug-likeness (QED) is 0.632. The van der Waals surface area contributed by atoms with Crippen LogP contribution in [0.25, 0.3) is 0 Å². The van der Waals surface area contributed by atoms with Gasteiger partial charge in [-0.3, -0.25) is 19.3 Å². The molecule has 0 spiro atoms. The Morgan fingerprint density at radius 2 is 1.84 bits per heavy atom. The molecule has 3 heterocycles. The smallest absolute Gasteiger partial charge is 0.320 e. The highest BCUT2D eigenvalue weighted by Crippen LogP contribution is 2.33. The molecule has 0 fully saturated rings. The summed E-state index contributed by atoms with van der Waals surface area (Å²) in [5.74, 6) is -1.03. The van der Waals surface area contributed by atoms with Crippen molar-refractivity contribution in [2.24, 2.45) is 0 Å². The molecule has 0 saturated heterocycles. The lowest BCUT2D eigenvalue weighted by molar-refractivity contribution is -0.137. The van der Waals surface area contributed by atoms with Crippen molar-refractivity contribution in [3.63, 3.8) is 0 Å². The van der Waals surface area contributed by atoms with Gasteiger partial charge in [-0.2, -0.15) is 31.8 Å². The molecule has 7 nitrogen and oxygen atoms in total. The van der Waals surface area contributed by atoms with Gasteiger partial charge < -0.3 is 10.2 Å². The number of benzene rings is 1. The maximum atomic E-state index is 13.2. The van der Waals surface area contributed by atoms with Gasteiger partial charge in [0.25, 0.3) is 11.8 Å². The third kappa shape index (κ3) is 4.20. The Bertz CT molecular complexity index is 1160. The number of nitrogens with one attached hydrogen (secondary N) is 1. The molecule has 4 rings (SSSR count). The number of fused-ring (bicyclic) bond motifs is 1. The lowest BCUT2D eigenvalue weighted by atomic mass is 10.1. The number of pyridine rings is 1. The van der Waals surface area contributed by atoms with Crippen LogP contribution in [0.5, 0.6) is 0 Å². The summed E-state index contributed by atoms with van der Waals surface area (Å²) in [6.07, 6.45) is -0.0465. The van der Waals surface area contributed by atoms with Crippen LogP contribution in [0.15, 0.2) is 48.9 Å². The predicted molar refractivity (Wildman–Crippen MR) is 117 cm³/mol. The van der Waals surface area contributed by atoms with Crippen molar-refractivity contribution in [2.45, 2.75) is 26.1 Å². The van der Waals surface area contributed by atoms with E-state index in [0.717, 1.165) is 17.7 Å². The van der Waals surface area contributed by atoms with Crippen LogP contribution in [0.1, 0.15) is 44.9 Å². The molecule has 3 aromatic rings. The van der Waals surface area contributed by atoms with Gasteiger partial charge in [0, 0.05) is 18.4 Å². The van der Waals surface area contributed by atoms with Gasteiger partial charge >= 0.3 is 6.18 Å². The Morgan fingerprint density at radius 1 is 1.16 bits per heavy atom. The van der Waals surface area contributed by atoms with E-state index in [0.29, 0.717) is 11.4 Å². The summed E-state index contributed by atoms with van der Waals surface area (Å²) < 4.78 is 40.1. The molecule has 1 atom stereocenters. The molecule has 11 heteroatoms. The fourth-order valence-corrected chi connectivity index (χ4v) is 3.47. The maximum absolute atomic E-state index is 13.2. The molecule has 0 unspecified atom stereocenters. The summed E-state index contributed by atoms with van der Waals surface area (Å²) in [5.41, 5.74) is 0.977. The predicted octanol–water partition coefficient (Wildman–Crippen LogP) is 4.19. The molecule has 0 saturated carbocycles. The summed E-state index contributed by atoms with van der Waals surface area (Å²) in [5, 5.41) is 6.92. The monoisotopic (exact) mass is 463 g/mol. The second kappa shape index (κ2) is 8.65. The van der Waals surface area contributed by atoms with E-state index >= 15 is 0 Å². The number of carbonyl (C=O) groups excluding carboxylic acids is 2. The normalized spacial score (nSPS) is 15.7. The van der Waals surface area contributed by atoms with Gasteiger partial charge in [-0.05, 0) is 49.7 Å². The van der Waals surface area contributed by atoms with E-state index in [1.54, 1.807) is 12.3 Å². The number of aromatic nitrogens is 3. The number of aryl methyl sites for hydroxylation is 1. The first-order valence-corrected chi connectivity index (χ1v) is 9.45. The van der Waals surface area contributed by atoms with Crippen molar-refractivity contribution in [3.05, 3.63) is 71.3 Å². The average Bonchev–Trinajstić information content (AvgIpc) is 3.18. The number of nitrogens with zero attached hydrogens (tertiary/aromatic N) is 4. The number of hydrogen-bond donors (Lipinski definition) is 1. The first-order chi connectivity index (χ1) is 14.7. The van der Waals surface area contributed by atoms with Crippen LogP contribution in [0, 0.1) is 6.92 Å². The number of amides is 2. The van der Waals surface area contributed by atoms with Crippen molar-refractivity contribution >= 4 is 36.7 Å². The van der Waals surface area contributed by atoms with Crippen LogP contribution in [0.4, 0.5) is 24.5 Å². The van der Waals surface area contributed by atoms with E-state index in [2.05, 4.69) is 15.4 Å². The Kier molecular flexibility index (Phi) is 6.31. The summed E-state index contributed by atoms with van der Waals surface area (Å²) >= 11 is 0. The number of carbonyl (C=O) groups is 2. The van der Waals surface area contributed by atoms with E-state index in [9.17, 15) is 22.8 Å². The van der Waals surface area contributed by atoms with E-state index in [1.807, 2.05) is 13.8 Å². The molecule has 0 aliphatic carbocycles. The summed E-state index contributed by atoms with van der Waals surface area (Å²) in [4.78, 5) is 31.4. The van der Waals surface area contributed by atoms with E-state index in [-0.39, 0.29) is 37.3 Å². The minimum atomic E-state index is -4.47. The molecule has 1 N–H and O–H groups in total. The van der Waals surface area contributed by atoms with Gasteiger partial charge in [-0.1, -0.05) is 0 Å². The third-order valence-corrected chi connectivity index (χ3v) is 5.15. The van der Waals surface area contributed by atoms with Crippen molar-refractivity contribution in [1.29, 1.82) is 0 Å². The number of anilines is 2. The molecule has 1 aliphatic heterocycles. The van der Waals surface area contributed by atoms with Crippen molar-refractivity contribution in [3.8, 4) is 0 Å².